The van der Waals surface area contributed by atoms with Crippen LogP contribution in [0.5, 0.6) is 0 Å². The molecule has 2 amide bonds. The van der Waals surface area contributed by atoms with Gasteiger partial charge < -0.3 is 10.5 Å². The first kappa shape index (κ1) is 46.5. The third-order valence-corrected chi connectivity index (χ3v) is 8.26. The van der Waals surface area contributed by atoms with Crippen molar-refractivity contribution in [1.29, 1.82) is 0 Å². The molecular weight excluding hydrogens is 851 g/mol. The van der Waals surface area contributed by atoms with E-state index >= 15 is 0 Å². The molecule has 0 spiro atoms. The Bertz CT molecular complexity index is 2000. The molecule has 0 atom stereocenters. The maximum absolute atomic E-state index is 13.3. The number of fused-ring (bicyclic) bond motifs is 2. The zero-order chi connectivity index (χ0) is 41.5. The van der Waals surface area contributed by atoms with Gasteiger partial charge in [0.05, 0.1) is 11.1 Å². The minimum absolute atomic E-state index is 0.243. The topological polar surface area (TPSA) is 58.2 Å². The fourth-order valence-electron chi connectivity index (χ4n) is 6.29. The molecule has 0 saturated heterocycles. The van der Waals surface area contributed by atoms with Crippen LogP contribution in [0.1, 0.15) is 49.9 Å². The molecule has 4 nitrogen and oxygen atoms in total. The zero-order valence-corrected chi connectivity index (χ0v) is 35.0. The van der Waals surface area contributed by atoms with Crippen LogP contribution in [0.15, 0.2) is 109 Å². The quantitative estimate of drug-likeness (QED) is 0.0473. The average Bonchev–Trinajstić information content (AvgIpc) is 3.74. The number of alkyl halides is 6. The number of hydrogen-bond donors (Lipinski definition) is 2. The minimum atomic E-state index is -4.36. The van der Waals surface area contributed by atoms with Crippen LogP contribution in [0, 0.1) is 11.8 Å². The molecule has 0 bridgehead atoms. The maximum atomic E-state index is 13.3. The van der Waals surface area contributed by atoms with Gasteiger partial charge in [0.2, 0.25) is 0 Å². The fraction of sp³-hybridized carbons (Fsp3) is 0.238. The number of halogens is 8. The molecule has 0 aromatic heterocycles. The molecule has 0 saturated carbocycles. The Labute approximate surface area is 342 Å². The second-order valence-corrected chi connectivity index (χ2v) is 17.1. The van der Waals surface area contributed by atoms with E-state index in [1.165, 1.54) is 23.3 Å². The molecule has 6 aromatic rings. The monoisotopic (exact) mass is 889 g/mol. The first-order valence-electron chi connectivity index (χ1n) is 17.4. The summed E-state index contributed by atoms with van der Waals surface area (Å²) in [5.41, 5.74) is 2.95. The molecule has 6 aromatic carbocycles. The number of hydrogen-bond acceptors (Lipinski definition) is 2. The Hall–Kier alpha value is -3.85. The van der Waals surface area contributed by atoms with Gasteiger partial charge >= 0.3 is 57.8 Å². The summed E-state index contributed by atoms with van der Waals surface area (Å²) in [6, 6.07) is 30.9. The number of amides is 2. The molecule has 1 radical (unpaired) electrons. The second-order valence-electron chi connectivity index (χ2n) is 13.4. The molecule has 0 fully saturated rings. The van der Waals surface area contributed by atoms with E-state index in [1.807, 2.05) is 36.4 Å². The van der Waals surface area contributed by atoms with Crippen molar-refractivity contribution >= 4 is 58.9 Å². The summed E-state index contributed by atoms with van der Waals surface area (Å²) >= 11 is -0.826. The molecule has 293 valence electrons. The van der Waals surface area contributed by atoms with E-state index in [1.54, 1.807) is 36.4 Å². The number of carbonyl (C=O) groups excluding carboxylic acids is 2. The van der Waals surface area contributed by atoms with Gasteiger partial charge in [0.25, 0.3) is 0 Å². The molecule has 0 unspecified atom stereocenters. The van der Waals surface area contributed by atoms with Crippen LogP contribution in [0.4, 0.5) is 26.3 Å². The number of rotatable bonds is 10. The van der Waals surface area contributed by atoms with Crippen molar-refractivity contribution in [3.63, 3.8) is 0 Å². The van der Waals surface area contributed by atoms with Crippen molar-refractivity contribution in [2.45, 2.75) is 52.9 Å². The van der Waals surface area contributed by atoms with Gasteiger partial charge in [-0.25, -0.2) is 0 Å². The molecule has 14 heteroatoms. The molecule has 0 aliphatic carbocycles. The van der Waals surface area contributed by atoms with Crippen molar-refractivity contribution < 1.29 is 56.8 Å². The van der Waals surface area contributed by atoms with Crippen LogP contribution < -0.4 is 10.5 Å². The van der Waals surface area contributed by atoms with E-state index < -0.39 is 44.3 Å². The first-order valence-corrected chi connectivity index (χ1v) is 23.8. The molecule has 0 heterocycles. The summed E-state index contributed by atoms with van der Waals surface area (Å²) in [5, 5.41) is 7.97. The van der Waals surface area contributed by atoms with E-state index in [2.05, 4.69) is 50.3 Å². The SMILES string of the molecule is CC(C)Cc1cc2c(-c3ccccc3C(F)(F)F)cccc2[cH-]1.CC(C)Cc1cc2c(-c3ccccc3C(F)(F)F)cccc2[cH-]1.O=CN[B]NC=O.[Cl][Zr+2][Cl]. The number of nitrogens with one attached hydrogen (secondary N) is 2. The van der Waals surface area contributed by atoms with Crippen molar-refractivity contribution in [2.75, 3.05) is 0 Å². The van der Waals surface area contributed by atoms with Crippen molar-refractivity contribution in [2.24, 2.45) is 11.8 Å². The summed E-state index contributed by atoms with van der Waals surface area (Å²) in [5.74, 6) is 1.02. The normalized spacial score (nSPS) is 11.0. The Morgan fingerprint density at radius 2 is 0.946 bits per heavy atom. The van der Waals surface area contributed by atoms with Gasteiger partial charge in [0.15, 0.2) is 12.8 Å². The molecule has 2 N–H and O–H groups in total. The third-order valence-electron chi connectivity index (χ3n) is 8.26. The van der Waals surface area contributed by atoms with Gasteiger partial charge in [-0.1, -0.05) is 87.4 Å². The average molecular weight is 892 g/mol. The van der Waals surface area contributed by atoms with Gasteiger partial charge in [-0.15, -0.1) is 69.1 Å². The number of benzene rings is 4. The molecule has 56 heavy (non-hydrogen) atoms. The first-order chi connectivity index (χ1) is 26.5. The van der Waals surface area contributed by atoms with Gasteiger partial charge in [-0.05, 0) is 47.9 Å². The predicted molar refractivity (Wildman–Crippen MR) is 213 cm³/mol. The van der Waals surface area contributed by atoms with Gasteiger partial charge in [-0.3, -0.25) is 9.59 Å². The van der Waals surface area contributed by atoms with Crippen LogP contribution in [0.3, 0.4) is 0 Å². The van der Waals surface area contributed by atoms with Crippen LogP contribution in [-0.2, 0) is 55.6 Å². The van der Waals surface area contributed by atoms with Crippen molar-refractivity contribution in [3.05, 3.63) is 131 Å². The Balaban J connectivity index is 0.000000243. The Morgan fingerprint density at radius 1 is 0.607 bits per heavy atom. The summed E-state index contributed by atoms with van der Waals surface area (Å²) in [6.07, 6.45) is -5.95. The Kier molecular flexibility index (Phi) is 18.4. The van der Waals surface area contributed by atoms with E-state index in [-0.39, 0.29) is 11.1 Å². The number of carbonyl (C=O) groups is 2. The van der Waals surface area contributed by atoms with Crippen LogP contribution in [0.2, 0.25) is 0 Å². The second kappa shape index (κ2) is 22.2. The van der Waals surface area contributed by atoms with Crippen molar-refractivity contribution in [1.82, 2.24) is 10.5 Å². The van der Waals surface area contributed by atoms with E-state index in [0.717, 1.165) is 54.1 Å². The summed E-state index contributed by atoms with van der Waals surface area (Å²) in [6.45, 7) is 8.55. The van der Waals surface area contributed by atoms with Gasteiger partial charge in [0, 0.05) is 0 Å². The van der Waals surface area contributed by atoms with Gasteiger partial charge in [0.1, 0.15) is 0 Å². The van der Waals surface area contributed by atoms with Gasteiger partial charge in [-0.2, -0.15) is 38.5 Å². The third kappa shape index (κ3) is 13.7. The van der Waals surface area contributed by atoms with Crippen LogP contribution in [0.25, 0.3) is 43.8 Å². The zero-order valence-electron chi connectivity index (χ0n) is 31.0. The molecule has 0 aliphatic heterocycles. The van der Waals surface area contributed by atoms with E-state index in [4.69, 9.17) is 17.0 Å². The summed E-state index contributed by atoms with van der Waals surface area (Å²) < 4.78 is 79.9. The Morgan fingerprint density at radius 3 is 1.27 bits per heavy atom. The predicted octanol–water partition coefficient (Wildman–Crippen LogP) is 12.3. The summed E-state index contributed by atoms with van der Waals surface area (Å²) in [7, 11) is 11.0. The fourth-order valence-corrected chi connectivity index (χ4v) is 6.29. The van der Waals surface area contributed by atoms with E-state index in [9.17, 15) is 35.9 Å². The standard InChI is InChI=1S/2C20H18F3.C2H4BN2O2.2ClH.Zr/c2*1-13(2)10-14-11-15-6-5-8-16(18(15)12-14)17-7-3-4-9-19(17)20(21,22)23;6-1-4-3-5-2-7;;;/h2*3-9,11-13H,10H2,1-2H3;1-2H,(H,4,6)(H,5,7);2*1H;/q2*-1;;;;+4/p-2. The van der Waals surface area contributed by atoms with Crippen molar-refractivity contribution in [3.8, 4) is 22.3 Å². The summed E-state index contributed by atoms with van der Waals surface area (Å²) in [4.78, 5) is 18.8. The van der Waals surface area contributed by atoms with Crippen LogP contribution in [-0.4, -0.2) is 20.4 Å². The van der Waals surface area contributed by atoms with E-state index in [0.29, 0.717) is 35.8 Å². The van der Waals surface area contributed by atoms with Crippen LogP contribution >= 0.6 is 17.0 Å². The molecule has 6 rings (SSSR count). The molecule has 0 aliphatic rings. The molecular formula is C42H40BCl2F6N2O2Zr.